The molecule has 0 N–H and O–H groups in total. The molecule has 0 aliphatic heterocycles. The van der Waals surface area contributed by atoms with Crippen LogP contribution in [0.1, 0.15) is 49.3 Å². The van der Waals surface area contributed by atoms with Crippen molar-refractivity contribution < 1.29 is 19.1 Å². The van der Waals surface area contributed by atoms with E-state index in [1.807, 2.05) is 30.3 Å². The lowest BCUT2D eigenvalue weighted by Crippen LogP contribution is -2.23. The number of benzene rings is 2. The summed E-state index contributed by atoms with van der Waals surface area (Å²) in [5, 5.41) is 1.69. The van der Waals surface area contributed by atoms with Crippen LogP contribution in [0.5, 0.6) is 0 Å². The molecule has 136 valence electrons. The van der Waals surface area contributed by atoms with Gasteiger partial charge in [-0.25, -0.2) is 4.79 Å². The Bertz CT molecular complexity index is 1330. The molecule has 1 aliphatic rings. The Morgan fingerprint density at radius 3 is 2.36 bits per heavy atom. The predicted molar refractivity (Wildman–Crippen MR) is 104 cm³/mol. The van der Waals surface area contributed by atoms with Crippen molar-refractivity contribution in [1.82, 2.24) is 4.40 Å². The molecule has 0 saturated heterocycles. The first-order valence-corrected chi connectivity index (χ1v) is 9.04. The fourth-order valence-electron chi connectivity index (χ4n) is 4.00. The molecule has 2 heterocycles. The van der Waals surface area contributed by atoms with Crippen LogP contribution >= 0.6 is 0 Å². The molecular formula is C23H15NO4. The Kier molecular flexibility index (Phi) is 3.46. The first-order valence-electron chi connectivity index (χ1n) is 9.04. The van der Waals surface area contributed by atoms with E-state index >= 15 is 0 Å². The average Bonchev–Trinajstić information content (AvgIpc) is 3.08. The van der Waals surface area contributed by atoms with E-state index in [0.29, 0.717) is 16.6 Å². The van der Waals surface area contributed by atoms with Gasteiger partial charge in [0.2, 0.25) is 5.78 Å². The average molecular weight is 369 g/mol. The van der Waals surface area contributed by atoms with Gasteiger partial charge in [0.25, 0.3) is 0 Å². The maximum atomic E-state index is 13.3. The number of fused-ring (bicyclic) bond motifs is 6. The van der Waals surface area contributed by atoms with Crippen LogP contribution in [0.3, 0.4) is 0 Å². The number of rotatable bonds is 2. The van der Waals surface area contributed by atoms with Crippen molar-refractivity contribution in [1.29, 1.82) is 0 Å². The van der Waals surface area contributed by atoms with Crippen molar-refractivity contribution in [2.75, 3.05) is 6.61 Å². The zero-order valence-electron chi connectivity index (χ0n) is 15.1. The molecular weight excluding hydrogens is 354 g/mol. The standard InChI is InChI=1S/C23H15NO4/c1-2-28-23(27)18-17-20(22(26)16-10-6-5-9-15(16)21(17)25)24-12-11-13-7-3-4-8-14(13)19(18)24/h3-12H,2H2,1H3. The Balaban J connectivity index is 1.98. The van der Waals surface area contributed by atoms with Crippen LogP contribution in [0.25, 0.3) is 16.3 Å². The Hall–Kier alpha value is -3.73. The van der Waals surface area contributed by atoms with Crippen molar-refractivity contribution in [2.45, 2.75) is 6.92 Å². The summed E-state index contributed by atoms with van der Waals surface area (Å²) in [5.41, 5.74) is 1.68. The molecule has 0 amide bonds. The number of aromatic nitrogens is 1. The lowest BCUT2D eigenvalue weighted by atomic mass is 9.86. The monoisotopic (exact) mass is 369 g/mol. The van der Waals surface area contributed by atoms with Gasteiger partial charge in [-0.15, -0.1) is 0 Å². The summed E-state index contributed by atoms with van der Waals surface area (Å²) in [6, 6.07) is 16.1. The highest BCUT2D eigenvalue weighted by molar-refractivity contribution is 6.32. The molecule has 1 aliphatic carbocycles. The van der Waals surface area contributed by atoms with Gasteiger partial charge in [-0.3, -0.25) is 9.59 Å². The van der Waals surface area contributed by atoms with Crippen LogP contribution in [0.4, 0.5) is 0 Å². The van der Waals surface area contributed by atoms with Gasteiger partial charge in [-0.05, 0) is 18.4 Å². The quantitative estimate of drug-likeness (QED) is 0.441. The van der Waals surface area contributed by atoms with Gasteiger partial charge in [0.15, 0.2) is 5.78 Å². The fraction of sp³-hybridized carbons (Fsp3) is 0.0870. The minimum absolute atomic E-state index is 0.124. The van der Waals surface area contributed by atoms with Gasteiger partial charge in [0, 0.05) is 22.7 Å². The summed E-state index contributed by atoms with van der Waals surface area (Å²) >= 11 is 0. The Morgan fingerprint density at radius 1 is 0.929 bits per heavy atom. The molecule has 0 radical (unpaired) electrons. The molecule has 4 aromatic rings. The van der Waals surface area contributed by atoms with Gasteiger partial charge < -0.3 is 9.14 Å². The summed E-state index contributed by atoms with van der Waals surface area (Å²) in [4.78, 5) is 39.5. The van der Waals surface area contributed by atoms with Crippen molar-refractivity contribution >= 4 is 33.8 Å². The largest absolute Gasteiger partial charge is 0.462 e. The highest BCUT2D eigenvalue weighted by atomic mass is 16.5. The van der Waals surface area contributed by atoms with Gasteiger partial charge in [-0.2, -0.15) is 0 Å². The second kappa shape index (κ2) is 5.89. The molecule has 2 aromatic heterocycles. The number of carbonyl (C=O) groups is 3. The summed E-state index contributed by atoms with van der Waals surface area (Å²) in [6.45, 7) is 1.89. The summed E-state index contributed by atoms with van der Waals surface area (Å²) < 4.78 is 6.92. The van der Waals surface area contributed by atoms with E-state index in [-0.39, 0.29) is 35.0 Å². The molecule has 5 heteroatoms. The van der Waals surface area contributed by atoms with Crippen molar-refractivity contribution in [3.05, 3.63) is 88.7 Å². The first kappa shape index (κ1) is 16.4. The van der Waals surface area contributed by atoms with Crippen LogP contribution in [0, 0.1) is 0 Å². The normalized spacial score (nSPS) is 12.9. The van der Waals surface area contributed by atoms with E-state index < -0.39 is 5.97 Å². The molecule has 0 atom stereocenters. The van der Waals surface area contributed by atoms with Gasteiger partial charge in [0.1, 0.15) is 5.69 Å². The number of carbonyl (C=O) groups excluding carboxylic acids is 3. The van der Waals surface area contributed by atoms with E-state index in [9.17, 15) is 14.4 Å². The highest BCUT2D eigenvalue weighted by Crippen LogP contribution is 2.36. The van der Waals surface area contributed by atoms with Crippen molar-refractivity contribution in [3.8, 4) is 0 Å². The number of hydrogen-bond acceptors (Lipinski definition) is 4. The molecule has 0 unspecified atom stereocenters. The molecule has 0 spiro atoms. The third kappa shape index (κ3) is 2.04. The minimum Gasteiger partial charge on any atom is -0.462 e. The predicted octanol–water partition coefficient (Wildman–Crippen LogP) is 4.04. The SMILES string of the molecule is CCOC(=O)c1c2c(n3ccc4ccccc4c13)C(=O)c1ccccc1C2=O. The third-order valence-electron chi connectivity index (χ3n) is 5.16. The van der Waals surface area contributed by atoms with Crippen LogP contribution in [0.2, 0.25) is 0 Å². The molecule has 5 rings (SSSR count). The Morgan fingerprint density at radius 2 is 1.61 bits per heavy atom. The van der Waals surface area contributed by atoms with E-state index in [2.05, 4.69) is 0 Å². The van der Waals surface area contributed by atoms with Crippen LogP contribution in [0.15, 0.2) is 60.8 Å². The molecule has 0 saturated carbocycles. The summed E-state index contributed by atoms with van der Waals surface area (Å²) in [5.74, 6) is -1.20. The highest BCUT2D eigenvalue weighted by Gasteiger charge is 2.38. The molecule has 0 bridgehead atoms. The summed E-state index contributed by atoms with van der Waals surface area (Å²) in [6.07, 6.45) is 1.73. The number of nitrogens with zero attached hydrogens (tertiary/aromatic N) is 1. The van der Waals surface area contributed by atoms with Crippen LogP contribution in [-0.4, -0.2) is 28.5 Å². The van der Waals surface area contributed by atoms with E-state index in [4.69, 9.17) is 4.74 Å². The van der Waals surface area contributed by atoms with E-state index in [1.54, 1.807) is 41.8 Å². The van der Waals surface area contributed by atoms with Crippen molar-refractivity contribution in [3.63, 3.8) is 0 Å². The minimum atomic E-state index is -0.599. The second-order valence-corrected chi connectivity index (χ2v) is 6.64. The number of pyridine rings is 1. The smallest absolute Gasteiger partial charge is 0.341 e. The zero-order valence-corrected chi connectivity index (χ0v) is 15.1. The number of hydrogen-bond donors (Lipinski definition) is 0. The van der Waals surface area contributed by atoms with E-state index in [0.717, 1.165) is 10.8 Å². The van der Waals surface area contributed by atoms with E-state index in [1.165, 1.54) is 0 Å². The maximum absolute atomic E-state index is 13.3. The molecule has 5 nitrogen and oxygen atoms in total. The molecule has 28 heavy (non-hydrogen) atoms. The Labute approximate surface area is 160 Å². The number of ether oxygens (including phenoxy) is 1. The molecule has 0 fully saturated rings. The van der Waals surface area contributed by atoms with Crippen molar-refractivity contribution in [2.24, 2.45) is 0 Å². The number of ketones is 2. The first-order chi connectivity index (χ1) is 13.6. The molecule has 2 aromatic carbocycles. The van der Waals surface area contributed by atoms with Gasteiger partial charge in [-0.1, -0.05) is 48.5 Å². The third-order valence-corrected chi connectivity index (χ3v) is 5.16. The zero-order chi connectivity index (χ0) is 19.4. The summed E-state index contributed by atoms with van der Waals surface area (Å²) in [7, 11) is 0. The lowest BCUT2D eigenvalue weighted by Gasteiger charge is -2.15. The topological polar surface area (TPSA) is 64.8 Å². The number of esters is 1. The lowest BCUT2D eigenvalue weighted by molar-refractivity contribution is 0.0526. The maximum Gasteiger partial charge on any atom is 0.341 e. The fourth-order valence-corrected chi connectivity index (χ4v) is 4.00. The second-order valence-electron chi connectivity index (χ2n) is 6.64. The van der Waals surface area contributed by atoms with Crippen LogP contribution in [-0.2, 0) is 4.74 Å². The van der Waals surface area contributed by atoms with Gasteiger partial charge >= 0.3 is 5.97 Å². The van der Waals surface area contributed by atoms with Gasteiger partial charge in [0.05, 0.1) is 23.3 Å². The van der Waals surface area contributed by atoms with Crippen LogP contribution < -0.4 is 0 Å².